The summed E-state index contributed by atoms with van der Waals surface area (Å²) in [5, 5.41) is 7.48. The molecule has 0 aliphatic carbocycles. The molecule has 1 saturated heterocycles. The van der Waals surface area contributed by atoms with Gasteiger partial charge in [0.1, 0.15) is 5.69 Å². The van der Waals surface area contributed by atoms with E-state index in [2.05, 4.69) is 0 Å². The second-order valence-electron chi connectivity index (χ2n) is 5.38. The zero-order valence-corrected chi connectivity index (χ0v) is 11.2. The van der Waals surface area contributed by atoms with Gasteiger partial charge in [0.05, 0.1) is 5.84 Å². The van der Waals surface area contributed by atoms with Crippen LogP contribution in [0.5, 0.6) is 0 Å². The van der Waals surface area contributed by atoms with Crippen LogP contribution in [0.1, 0.15) is 19.8 Å². The molecule has 3 N–H and O–H groups in total. The highest BCUT2D eigenvalue weighted by atomic mass is 19.2. The lowest BCUT2D eigenvalue weighted by atomic mass is 9.79. The standard InChI is InChI=1S/C13H14F5N3/c1-13(12(19)20)2-4-21(5-3-13)11-9(17)7(15)6(14)8(16)10(11)18/h2-5H2,1H3,(H3,19,20). The first-order chi connectivity index (χ1) is 9.69. The van der Waals surface area contributed by atoms with Gasteiger partial charge >= 0.3 is 0 Å². The molecule has 0 radical (unpaired) electrons. The molecule has 0 aromatic heterocycles. The number of hydrogen-bond acceptors (Lipinski definition) is 2. The Kier molecular flexibility index (Phi) is 3.81. The van der Waals surface area contributed by atoms with Crippen molar-refractivity contribution in [3.63, 3.8) is 0 Å². The maximum atomic E-state index is 13.7. The van der Waals surface area contributed by atoms with E-state index in [9.17, 15) is 22.0 Å². The van der Waals surface area contributed by atoms with Gasteiger partial charge < -0.3 is 10.6 Å². The van der Waals surface area contributed by atoms with Crippen LogP contribution in [0.15, 0.2) is 0 Å². The summed E-state index contributed by atoms with van der Waals surface area (Å²) in [6, 6.07) is 0. The third-order valence-corrected chi connectivity index (χ3v) is 4.02. The average Bonchev–Trinajstić information content (AvgIpc) is 2.45. The number of halogens is 5. The summed E-state index contributed by atoms with van der Waals surface area (Å²) in [7, 11) is 0. The quantitative estimate of drug-likeness (QED) is 0.290. The van der Waals surface area contributed by atoms with Gasteiger partial charge in [0, 0.05) is 18.5 Å². The van der Waals surface area contributed by atoms with Gasteiger partial charge in [-0.15, -0.1) is 0 Å². The summed E-state index contributed by atoms with van der Waals surface area (Å²) < 4.78 is 66.8. The second kappa shape index (κ2) is 5.16. The molecule has 1 aromatic rings. The Labute approximate surface area is 118 Å². The van der Waals surface area contributed by atoms with Crippen LogP contribution in [0.2, 0.25) is 0 Å². The number of rotatable bonds is 2. The summed E-state index contributed by atoms with van der Waals surface area (Å²) in [4.78, 5) is 1.10. The number of nitrogens with one attached hydrogen (secondary N) is 1. The topological polar surface area (TPSA) is 53.1 Å². The van der Waals surface area contributed by atoms with Crippen LogP contribution in [0, 0.1) is 39.9 Å². The molecule has 0 saturated carbocycles. The molecule has 1 aliphatic rings. The highest BCUT2D eigenvalue weighted by Crippen LogP contribution is 2.36. The zero-order valence-electron chi connectivity index (χ0n) is 11.2. The van der Waals surface area contributed by atoms with Gasteiger partial charge in [-0.3, -0.25) is 5.41 Å². The van der Waals surface area contributed by atoms with E-state index < -0.39 is 40.2 Å². The minimum Gasteiger partial charge on any atom is -0.387 e. The van der Waals surface area contributed by atoms with E-state index >= 15 is 0 Å². The molecule has 2 rings (SSSR count). The molecule has 0 amide bonds. The number of nitrogens with two attached hydrogens (primary N) is 1. The van der Waals surface area contributed by atoms with Gasteiger partial charge in [-0.25, -0.2) is 22.0 Å². The van der Waals surface area contributed by atoms with Crippen molar-refractivity contribution in [2.45, 2.75) is 19.8 Å². The van der Waals surface area contributed by atoms with Crippen molar-refractivity contribution in [3.05, 3.63) is 29.1 Å². The van der Waals surface area contributed by atoms with Crippen molar-refractivity contribution in [1.29, 1.82) is 5.41 Å². The van der Waals surface area contributed by atoms with Gasteiger partial charge in [0.25, 0.3) is 0 Å². The number of nitrogens with zero attached hydrogens (tertiary/aromatic N) is 1. The molecule has 0 unspecified atom stereocenters. The Hall–Kier alpha value is -1.86. The van der Waals surface area contributed by atoms with Crippen LogP contribution in [-0.4, -0.2) is 18.9 Å². The minimum atomic E-state index is -2.17. The van der Waals surface area contributed by atoms with E-state index in [0.29, 0.717) is 12.8 Å². The molecule has 1 aliphatic heterocycles. The Morgan fingerprint density at radius 1 is 0.952 bits per heavy atom. The van der Waals surface area contributed by atoms with Crippen LogP contribution in [0.3, 0.4) is 0 Å². The normalized spacial score (nSPS) is 17.9. The molecule has 0 atom stereocenters. The summed E-state index contributed by atoms with van der Waals surface area (Å²) >= 11 is 0. The smallest absolute Gasteiger partial charge is 0.200 e. The molecule has 1 aromatic carbocycles. The molecule has 1 fully saturated rings. The van der Waals surface area contributed by atoms with E-state index in [4.69, 9.17) is 11.1 Å². The Balaban J connectivity index is 2.36. The molecule has 116 valence electrons. The minimum absolute atomic E-state index is 0.0500. The number of anilines is 1. The number of benzene rings is 1. The van der Waals surface area contributed by atoms with E-state index in [0.717, 1.165) is 4.90 Å². The Morgan fingerprint density at radius 2 is 1.33 bits per heavy atom. The van der Waals surface area contributed by atoms with Crippen molar-refractivity contribution in [2.24, 2.45) is 11.1 Å². The van der Waals surface area contributed by atoms with Crippen molar-refractivity contribution >= 4 is 11.5 Å². The fourth-order valence-electron chi connectivity index (χ4n) is 2.36. The van der Waals surface area contributed by atoms with Gasteiger partial charge in [0.2, 0.25) is 5.82 Å². The number of hydrogen-bond donors (Lipinski definition) is 2. The summed E-state index contributed by atoms with van der Waals surface area (Å²) in [5.41, 5.74) is 3.92. The fourth-order valence-corrected chi connectivity index (χ4v) is 2.36. The first-order valence-electron chi connectivity index (χ1n) is 6.30. The lowest BCUT2D eigenvalue weighted by Gasteiger charge is -2.39. The van der Waals surface area contributed by atoms with Crippen molar-refractivity contribution in [3.8, 4) is 0 Å². The lowest BCUT2D eigenvalue weighted by Crippen LogP contribution is -2.45. The van der Waals surface area contributed by atoms with Gasteiger partial charge in [0.15, 0.2) is 23.3 Å². The highest BCUT2D eigenvalue weighted by Gasteiger charge is 2.36. The SMILES string of the molecule is CC1(C(=N)N)CCN(c2c(F)c(F)c(F)c(F)c2F)CC1. The monoisotopic (exact) mass is 307 g/mol. The predicted molar refractivity (Wildman–Crippen MR) is 67.7 cm³/mol. The first-order valence-corrected chi connectivity index (χ1v) is 6.30. The van der Waals surface area contributed by atoms with Gasteiger partial charge in [-0.05, 0) is 12.8 Å². The summed E-state index contributed by atoms with van der Waals surface area (Å²) in [5.74, 6) is -9.80. The molecular weight excluding hydrogens is 293 g/mol. The third-order valence-electron chi connectivity index (χ3n) is 4.02. The van der Waals surface area contributed by atoms with Crippen molar-refractivity contribution in [2.75, 3.05) is 18.0 Å². The highest BCUT2D eigenvalue weighted by molar-refractivity contribution is 5.83. The van der Waals surface area contributed by atoms with E-state index in [-0.39, 0.29) is 18.9 Å². The maximum Gasteiger partial charge on any atom is 0.200 e. The van der Waals surface area contributed by atoms with Crippen molar-refractivity contribution in [1.82, 2.24) is 0 Å². The molecule has 1 heterocycles. The zero-order chi connectivity index (χ0) is 15.9. The average molecular weight is 307 g/mol. The van der Waals surface area contributed by atoms with Crippen LogP contribution in [-0.2, 0) is 0 Å². The van der Waals surface area contributed by atoms with Gasteiger partial charge in [-0.2, -0.15) is 0 Å². The molecule has 21 heavy (non-hydrogen) atoms. The molecular formula is C13H14F5N3. The molecule has 8 heteroatoms. The van der Waals surface area contributed by atoms with E-state index in [1.54, 1.807) is 6.92 Å². The number of piperidine rings is 1. The van der Waals surface area contributed by atoms with Gasteiger partial charge in [-0.1, -0.05) is 6.92 Å². The first kappa shape index (κ1) is 15.5. The molecule has 0 spiro atoms. The van der Waals surface area contributed by atoms with Crippen LogP contribution >= 0.6 is 0 Å². The van der Waals surface area contributed by atoms with Crippen LogP contribution in [0.4, 0.5) is 27.6 Å². The summed E-state index contributed by atoms with van der Waals surface area (Å²) in [6.07, 6.45) is 0.587. The predicted octanol–water partition coefficient (Wildman–Crippen LogP) is 2.92. The second-order valence-corrected chi connectivity index (χ2v) is 5.38. The Morgan fingerprint density at radius 3 is 1.71 bits per heavy atom. The summed E-state index contributed by atoms with van der Waals surface area (Å²) in [6.45, 7) is 1.83. The number of amidine groups is 1. The third kappa shape index (κ3) is 2.43. The van der Waals surface area contributed by atoms with Crippen LogP contribution in [0.25, 0.3) is 0 Å². The molecule has 3 nitrogen and oxygen atoms in total. The van der Waals surface area contributed by atoms with Crippen molar-refractivity contribution < 1.29 is 22.0 Å². The largest absolute Gasteiger partial charge is 0.387 e. The Bertz CT molecular complexity index is 565. The lowest BCUT2D eigenvalue weighted by molar-refractivity contribution is 0.338. The van der Waals surface area contributed by atoms with E-state index in [1.165, 1.54) is 0 Å². The molecule has 0 bridgehead atoms. The van der Waals surface area contributed by atoms with E-state index in [1.807, 2.05) is 0 Å². The fraction of sp³-hybridized carbons (Fsp3) is 0.462. The maximum absolute atomic E-state index is 13.7. The van der Waals surface area contributed by atoms with Crippen LogP contribution < -0.4 is 10.6 Å².